The molecule has 0 saturated carbocycles. The fourth-order valence-electron chi connectivity index (χ4n) is 2.68. The van der Waals surface area contributed by atoms with Crippen molar-refractivity contribution in [2.24, 2.45) is 5.92 Å². The monoisotopic (exact) mass is 384 g/mol. The van der Waals surface area contributed by atoms with Gasteiger partial charge in [-0.15, -0.1) is 0 Å². The van der Waals surface area contributed by atoms with Crippen LogP contribution >= 0.6 is 0 Å². The molecule has 0 aliphatic heterocycles. The lowest BCUT2D eigenvalue weighted by Gasteiger charge is -2.24. The van der Waals surface area contributed by atoms with Crippen LogP contribution < -0.4 is 5.32 Å². The standard InChI is InChI=1S/C18H23F3N4O2/c1-11(2)9-14(10-25(3)4)22-16(26)13-7-5-12(6-8-13)15-23-17(27-24-15)18(19,20)21/h5-8,11,14H,9-10H2,1-4H3,(H,22,26). The van der Waals surface area contributed by atoms with Gasteiger partial charge in [-0.2, -0.15) is 18.2 Å². The maximum absolute atomic E-state index is 12.5. The molecular weight excluding hydrogens is 361 g/mol. The summed E-state index contributed by atoms with van der Waals surface area (Å²) in [7, 11) is 3.88. The second-order valence-electron chi connectivity index (χ2n) is 7.06. The molecule has 1 atom stereocenters. The minimum Gasteiger partial charge on any atom is -0.348 e. The quantitative estimate of drug-likeness (QED) is 0.792. The summed E-state index contributed by atoms with van der Waals surface area (Å²) < 4.78 is 41.8. The molecule has 2 aromatic rings. The van der Waals surface area contributed by atoms with Crippen LogP contribution in [0.5, 0.6) is 0 Å². The Morgan fingerprint density at radius 2 is 1.85 bits per heavy atom. The number of nitrogens with zero attached hydrogens (tertiary/aromatic N) is 3. The predicted octanol–water partition coefficient (Wildman–Crippen LogP) is 3.46. The highest BCUT2D eigenvalue weighted by atomic mass is 19.4. The van der Waals surface area contributed by atoms with Crippen molar-refractivity contribution in [3.63, 3.8) is 0 Å². The van der Waals surface area contributed by atoms with Gasteiger partial charge in [0.1, 0.15) is 0 Å². The van der Waals surface area contributed by atoms with Gasteiger partial charge < -0.3 is 14.7 Å². The summed E-state index contributed by atoms with van der Waals surface area (Å²) in [5, 5.41) is 6.33. The second-order valence-corrected chi connectivity index (χ2v) is 7.06. The first-order valence-electron chi connectivity index (χ1n) is 8.53. The lowest BCUT2D eigenvalue weighted by Crippen LogP contribution is -2.42. The van der Waals surface area contributed by atoms with Gasteiger partial charge in [0.2, 0.25) is 5.82 Å². The van der Waals surface area contributed by atoms with E-state index in [0.29, 0.717) is 23.6 Å². The van der Waals surface area contributed by atoms with Gasteiger partial charge in [0.15, 0.2) is 0 Å². The summed E-state index contributed by atoms with van der Waals surface area (Å²) in [6.07, 6.45) is -3.85. The van der Waals surface area contributed by atoms with E-state index < -0.39 is 12.1 Å². The molecule has 1 aromatic heterocycles. The number of aromatic nitrogens is 2. The topological polar surface area (TPSA) is 71.3 Å². The van der Waals surface area contributed by atoms with E-state index in [2.05, 4.69) is 33.8 Å². The Kier molecular flexibility index (Phi) is 6.59. The van der Waals surface area contributed by atoms with Crippen LogP contribution in [-0.2, 0) is 6.18 Å². The van der Waals surface area contributed by atoms with E-state index in [-0.39, 0.29) is 17.8 Å². The number of likely N-dealkylation sites (N-methyl/N-ethyl adjacent to an activating group) is 1. The van der Waals surface area contributed by atoms with Crippen LogP contribution in [0.1, 0.15) is 36.5 Å². The van der Waals surface area contributed by atoms with Gasteiger partial charge in [0.25, 0.3) is 5.91 Å². The van der Waals surface area contributed by atoms with Crippen molar-refractivity contribution in [3.8, 4) is 11.4 Å². The molecule has 0 saturated heterocycles. The Morgan fingerprint density at radius 3 is 2.33 bits per heavy atom. The Morgan fingerprint density at radius 1 is 1.22 bits per heavy atom. The third kappa shape index (κ3) is 6.06. The minimum atomic E-state index is -4.69. The minimum absolute atomic E-state index is 0.00118. The Labute approximate surface area is 155 Å². The summed E-state index contributed by atoms with van der Waals surface area (Å²) in [6.45, 7) is 4.89. The van der Waals surface area contributed by atoms with E-state index in [1.54, 1.807) is 0 Å². The number of nitrogens with one attached hydrogen (secondary N) is 1. The van der Waals surface area contributed by atoms with Crippen LogP contribution in [0.3, 0.4) is 0 Å². The molecule has 1 unspecified atom stereocenters. The predicted molar refractivity (Wildman–Crippen MR) is 94.0 cm³/mol. The Bertz CT molecular complexity index is 745. The van der Waals surface area contributed by atoms with E-state index in [9.17, 15) is 18.0 Å². The highest BCUT2D eigenvalue weighted by Crippen LogP contribution is 2.29. The molecule has 6 nitrogen and oxygen atoms in total. The van der Waals surface area contributed by atoms with Crippen LogP contribution in [0.2, 0.25) is 0 Å². The van der Waals surface area contributed by atoms with Crippen molar-refractivity contribution in [1.82, 2.24) is 20.4 Å². The number of hydrogen-bond acceptors (Lipinski definition) is 5. The molecule has 0 aliphatic carbocycles. The van der Waals surface area contributed by atoms with Crippen LogP contribution in [0.15, 0.2) is 28.8 Å². The molecule has 0 fully saturated rings. The molecule has 148 valence electrons. The van der Waals surface area contributed by atoms with Crippen molar-refractivity contribution in [2.45, 2.75) is 32.5 Å². The number of benzene rings is 1. The molecule has 0 spiro atoms. The SMILES string of the molecule is CC(C)CC(CN(C)C)NC(=O)c1ccc(-c2noc(C(F)(F)F)n2)cc1. The van der Waals surface area contributed by atoms with Crippen molar-refractivity contribution < 1.29 is 22.5 Å². The molecule has 1 aromatic carbocycles. The van der Waals surface area contributed by atoms with Crippen LogP contribution in [0, 0.1) is 5.92 Å². The molecule has 27 heavy (non-hydrogen) atoms. The van der Waals surface area contributed by atoms with Crippen molar-refractivity contribution in [3.05, 3.63) is 35.7 Å². The molecular formula is C18H23F3N4O2. The summed E-state index contributed by atoms with van der Waals surface area (Å²) in [5.41, 5.74) is 0.739. The molecule has 1 amide bonds. The zero-order chi connectivity index (χ0) is 20.2. The summed E-state index contributed by atoms with van der Waals surface area (Å²) in [5.74, 6) is -1.39. The number of hydrogen-bond donors (Lipinski definition) is 1. The highest BCUT2D eigenvalue weighted by Gasteiger charge is 2.38. The third-order valence-electron chi connectivity index (χ3n) is 3.75. The number of halogens is 3. The van der Waals surface area contributed by atoms with Crippen molar-refractivity contribution >= 4 is 5.91 Å². The third-order valence-corrected chi connectivity index (χ3v) is 3.75. The average Bonchev–Trinajstić information content (AvgIpc) is 3.04. The average molecular weight is 384 g/mol. The second kappa shape index (κ2) is 8.51. The van der Waals surface area contributed by atoms with Gasteiger partial charge in [0, 0.05) is 23.7 Å². The van der Waals surface area contributed by atoms with Crippen molar-refractivity contribution in [2.75, 3.05) is 20.6 Å². The summed E-state index contributed by atoms with van der Waals surface area (Å²) in [6, 6.07) is 6.03. The summed E-state index contributed by atoms with van der Waals surface area (Å²) >= 11 is 0. The molecule has 1 heterocycles. The van der Waals surface area contributed by atoms with E-state index in [1.807, 2.05) is 19.0 Å². The number of alkyl halides is 3. The first-order chi connectivity index (χ1) is 12.6. The lowest BCUT2D eigenvalue weighted by atomic mass is 10.0. The van der Waals surface area contributed by atoms with Crippen LogP contribution in [0.25, 0.3) is 11.4 Å². The van der Waals surface area contributed by atoms with Crippen LogP contribution in [-0.4, -0.2) is 47.6 Å². The maximum atomic E-state index is 12.5. The van der Waals surface area contributed by atoms with Gasteiger partial charge in [-0.05, 0) is 38.6 Å². The van der Waals surface area contributed by atoms with Gasteiger partial charge in [0.05, 0.1) is 0 Å². The van der Waals surface area contributed by atoms with Gasteiger partial charge in [-0.25, -0.2) is 0 Å². The molecule has 2 rings (SSSR count). The normalized spacial score (nSPS) is 13.2. The van der Waals surface area contributed by atoms with Crippen molar-refractivity contribution in [1.29, 1.82) is 0 Å². The molecule has 1 N–H and O–H groups in total. The van der Waals surface area contributed by atoms with Gasteiger partial charge >= 0.3 is 12.1 Å². The largest absolute Gasteiger partial charge is 0.471 e. The smallest absolute Gasteiger partial charge is 0.348 e. The fourth-order valence-corrected chi connectivity index (χ4v) is 2.68. The number of carbonyl (C=O) groups excluding carboxylic acids is 1. The maximum Gasteiger partial charge on any atom is 0.471 e. The summed E-state index contributed by atoms with van der Waals surface area (Å²) in [4.78, 5) is 17.8. The van der Waals surface area contributed by atoms with E-state index in [1.165, 1.54) is 24.3 Å². The number of rotatable bonds is 7. The Hall–Kier alpha value is -2.42. The molecule has 0 aliphatic rings. The van der Waals surface area contributed by atoms with Crippen LogP contribution in [0.4, 0.5) is 13.2 Å². The van der Waals surface area contributed by atoms with Gasteiger partial charge in [-0.3, -0.25) is 4.79 Å². The molecule has 0 radical (unpaired) electrons. The number of amides is 1. The zero-order valence-electron chi connectivity index (χ0n) is 15.7. The Balaban J connectivity index is 2.09. The molecule has 9 heteroatoms. The lowest BCUT2D eigenvalue weighted by molar-refractivity contribution is -0.159. The van der Waals surface area contributed by atoms with E-state index in [0.717, 1.165) is 6.42 Å². The fraction of sp³-hybridized carbons (Fsp3) is 0.500. The van der Waals surface area contributed by atoms with E-state index in [4.69, 9.17) is 0 Å². The zero-order valence-corrected chi connectivity index (χ0v) is 15.7. The highest BCUT2D eigenvalue weighted by molar-refractivity contribution is 5.94. The van der Waals surface area contributed by atoms with E-state index >= 15 is 0 Å². The van der Waals surface area contributed by atoms with Gasteiger partial charge in [-0.1, -0.05) is 31.1 Å². The first-order valence-corrected chi connectivity index (χ1v) is 8.53. The molecule has 0 bridgehead atoms. The number of carbonyl (C=O) groups is 1. The first kappa shape index (κ1) is 20.9.